The van der Waals surface area contributed by atoms with Crippen LogP contribution in [0.1, 0.15) is 32.6 Å². The molecule has 15 heavy (non-hydrogen) atoms. The standard InChI is InChI=1S/C11H22N2O2/c1-2-13(8-5-9-14)11(15)10-6-3-4-7-12-10/h10,12,14H,2-9H2,1H3. The van der Waals surface area contributed by atoms with E-state index in [4.69, 9.17) is 5.11 Å². The molecule has 1 atom stereocenters. The van der Waals surface area contributed by atoms with Crippen molar-refractivity contribution in [2.75, 3.05) is 26.2 Å². The topological polar surface area (TPSA) is 52.6 Å². The Bertz CT molecular complexity index is 191. The third-order valence-electron chi connectivity index (χ3n) is 2.89. The Hall–Kier alpha value is -0.610. The van der Waals surface area contributed by atoms with Gasteiger partial charge in [0.25, 0.3) is 0 Å². The van der Waals surface area contributed by atoms with Gasteiger partial charge in [0, 0.05) is 19.7 Å². The summed E-state index contributed by atoms with van der Waals surface area (Å²) in [5, 5.41) is 12.0. The van der Waals surface area contributed by atoms with Gasteiger partial charge in [0.2, 0.25) is 5.91 Å². The largest absolute Gasteiger partial charge is 0.396 e. The minimum absolute atomic E-state index is 0.0115. The average Bonchev–Trinajstić information content (AvgIpc) is 2.31. The fourth-order valence-electron chi connectivity index (χ4n) is 1.97. The van der Waals surface area contributed by atoms with Crippen molar-refractivity contribution in [3.8, 4) is 0 Å². The number of hydrogen-bond acceptors (Lipinski definition) is 3. The number of nitrogens with one attached hydrogen (secondary N) is 1. The lowest BCUT2D eigenvalue weighted by Crippen LogP contribution is -2.48. The van der Waals surface area contributed by atoms with E-state index in [-0.39, 0.29) is 18.6 Å². The number of piperidine rings is 1. The fraction of sp³-hybridized carbons (Fsp3) is 0.909. The highest BCUT2D eigenvalue weighted by Crippen LogP contribution is 2.10. The highest BCUT2D eigenvalue weighted by Gasteiger charge is 2.24. The summed E-state index contributed by atoms with van der Waals surface area (Å²) in [6.07, 6.45) is 3.94. The van der Waals surface area contributed by atoms with Crippen LogP contribution in [-0.4, -0.2) is 48.2 Å². The summed E-state index contributed by atoms with van der Waals surface area (Å²) in [5.74, 6) is 0.200. The van der Waals surface area contributed by atoms with Gasteiger partial charge in [-0.2, -0.15) is 0 Å². The molecule has 1 aliphatic heterocycles. The van der Waals surface area contributed by atoms with Crippen LogP contribution in [0.25, 0.3) is 0 Å². The molecule has 1 aliphatic rings. The second kappa shape index (κ2) is 6.80. The summed E-state index contributed by atoms with van der Waals surface area (Å²) in [7, 11) is 0. The van der Waals surface area contributed by atoms with Crippen LogP contribution in [-0.2, 0) is 4.79 Å². The number of rotatable bonds is 5. The van der Waals surface area contributed by atoms with Crippen LogP contribution < -0.4 is 5.32 Å². The van der Waals surface area contributed by atoms with Crippen molar-refractivity contribution in [3.63, 3.8) is 0 Å². The lowest BCUT2D eigenvalue weighted by atomic mass is 10.0. The summed E-state index contributed by atoms with van der Waals surface area (Å²) >= 11 is 0. The molecule has 0 radical (unpaired) electrons. The Morgan fingerprint density at radius 2 is 2.33 bits per heavy atom. The van der Waals surface area contributed by atoms with Gasteiger partial charge >= 0.3 is 0 Å². The first kappa shape index (κ1) is 12.5. The molecule has 0 bridgehead atoms. The molecule has 1 saturated heterocycles. The molecule has 0 spiro atoms. The molecule has 0 saturated carbocycles. The van der Waals surface area contributed by atoms with E-state index < -0.39 is 0 Å². The van der Waals surface area contributed by atoms with E-state index in [0.717, 1.165) is 25.9 Å². The van der Waals surface area contributed by atoms with Crippen molar-refractivity contribution >= 4 is 5.91 Å². The molecule has 1 heterocycles. The molecule has 4 heteroatoms. The summed E-state index contributed by atoms with van der Waals surface area (Å²) in [6, 6.07) is 0.0115. The van der Waals surface area contributed by atoms with Crippen molar-refractivity contribution in [3.05, 3.63) is 0 Å². The van der Waals surface area contributed by atoms with Crippen LogP contribution in [0.2, 0.25) is 0 Å². The lowest BCUT2D eigenvalue weighted by Gasteiger charge is -2.29. The molecule has 0 aliphatic carbocycles. The second-order valence-corrected chi connectivity index (χ2v) is 4.00. The van der Waals surface area contributed by atoms with Crippen LogP contribution in [0, 0.1) is 0 Å². The summed E-state index contributed by atoms with van der Waals surface area (Å²) < 4.78 is 0. The minimum Gasteiger partial charge on any atom is -0.396 e. The second-order valence-electron chi connectivity index (χ2n) is 4.00. The van der Waals surface area contributed by atoms with Crippen molar-refractivity contribution < 1.29 is 9.90 Å². The zero-order valence-corrected chi connectivity index (χ0v) is 9.54. The number of nitrogens with zero attached hydrogens (tertiary/aromatic N) is 1. The number of carbonyl (C=O) groups is 1. The highest BCUT2D eigenvalue weighted by atomic mass is 16.3. The Labute approximate surface area is 91.6 Å². The first-order chi connectivity index (χ1) is 7.29. The van der Waals surface area contributed by atoms with Gasteiger partial charge in [0.15, 0.2) is 0 Å². The van der Waals surface area contributed by atoms with E-state index in [1.54, 1.807) is 0 Å². The van der Waals surface area contributed by atoms with Crippen molar-refractivity contribution in [2.45, 2.75) is 38.6 Å². The normalized spacial score (nSPS) is 21.3. The summed E-state index contributed by atoms with van der Waals surface area (Å²) in [4.78, 5) is 13.8. The van der Waals surface area contributed by atoms with Gasteiger partial charge in [-0.1, -0.05) is 6.42 Å². The molecule has 2 N–H and O–H groups in total. The van der Waals surface area contributed by atoms with E-state index in [2.05, 4.69) is 5.32 Å². The zero-order valence-electron chi connectivity index (χ0n) is 9.54. The molecule has 0 aromatic rings. The van der Waals surface area contributed by atoms with Gasteiger partial charge in [-0.05, 0) is 32.7 Å². The molecule has 0 aromatic heterocycles. The first-order valence-corrected chi connectivity index (χ1v) is 5.92. The van der Waals surface area contributed by atoms with Crippen molar-refractivity contribution in [1.82, 2.24) is 10.2 Å². The molecule has 1 amide bonds. The molecule has 4 nitrogen and oxygen atoms in total. The highest BCUT2D eigenvalue weighted by molar-refractivity contribution is 5.81. The number of likely N-dealkylation sites (N-methyl/N-ethyl adjacent to an activating group) is 1. The number of amides is 1. The fourth-order valence-corrected chi connectivity index (χ4v) is 1.97. The predicted octanol–water partition coefficient (Wildman–Crippen LogP) is 0.359. The first-order valence-electron chi connectivity index (χ1n) is 5.92. The number of hydrogen-bond donors (Lipinski definition) is 2. The van der Waals surface area contributed by atoms with Crippen LogP contribution in [0.4, 0.5) is 0 Å². The Balaban J connectivity index is 2.40. The number of aliphatic hydroxyl groups is 1. The molecule has 1 rings (SSSR count). The molecule has 88 valence electrons. The van der Waals surface area contributed by atoms with Gasteiger partial charge in [-0.3, -0.25) is 4.79 Å². The van der Waals surface area contributed by atoms with E-state index in [9.17, 15) is 4.79 Å². The third kappa shape index (κ3) is 3.80. The molecular weight excluding hydrogens is 192 g/mol. The lowest BCUT2D eigenvalue weighted by molar-refractivity contribution is -0.134. The van der Waals surface area contributed by atoms with Crippen LogP contribution in [0.15, 0.2) is 0 Å². The molecule has 1 fully saturated rings. The van der Waals surface area contributed by atoms with E-state index in [0.29, 0.717) is 13.0 Å². The Morgan fingerprint density at radius 3 is 2.87 bits per heavy atom. The predicted molar refractivity (Wildman–Crippen MR) is 59.6 cm³/mol. The number of carbonyl (C=O) groups excluding carboxylic acids is 1. The zero-order chi connectivity index (χ0) is 11.1. The number of aliphatic hydroxyl groups excluding tert-OH is 1. The monoisotopic (exact) mass is 214 g/mol. The van der Waals surface area contributed by atoms with Crippen LogP contribution >= 0.6 is 0 Å². The van der Waals surface area contributed by atoms with Crippen LogP contribution in [0.5, 0.6) is 0 Å². The van der Waals surface area contributed by atoms with Crippen molar-refractivity contribution in [2.24, 2.45) is 0 Å². The van der Waals surface area contributed by atoms with Gasteiger partial charge in [0.05, 0.1) is 6.04 Å². The average molecular weight is 214 g/mol. The van der Waals surface area contributed by atoms with E-state index >= 15 is 0 Å². The van der Waals surface area contributed by atoms with Gasteiger partial charge in [0.1, 0.15) is 0 Å². The van der Waals surface area contributed by atoms with Crippen molar-refractivity contribution in [1.29, 1.82) is 0 Å². The maximum Gasteiger partial charge on any atom is 0.239 e. The summed E-state index contributed by atoms with van der Waals surface area (Å²) in [5.41, 5.74) is 0. The summed E-state index contributed by atoms with van der Waals surface area (Å²) in [6.45, 7) is 4.50. The van der Waals surface area contributed by atoms with Crippen LogP contribution in [0.3, 0.4) is 0 Å². The van der Waals surface area contributed by atoms with Gasteiger partial charge in [-0.15, -0.1) is 0 Å². The maximum atomic E-state index is 12.0. The molecule has 1 unspecified atom stereocenters. The van der Waals surface area contributed by atoms with E-state index in [1.165, 1.54) is 6.42 Å². The van der Waals surface area contributed by atoms with Gasteiger partial charge in [-0.25, -0.2) is 0 Å². The quantitative estimate of drug-likeness (QED) is 0.695. The maximum absolute atomic E-state index is 12.0. The smallest absolute Gasteiger partial charge is 0.239 e. The molecule has 0 aromatic carbocycles. The third-order valence-corrected chi connectivity index (χ3v) is 2.89. The minimum atomic E-state index is 0.0115. The van der Waals surface area contributed by atoms with Gasteiger partial charge < -0.3 is 15.3 Å². The Morgan fingerprint density at radius 1 is 1.53 bits per heavy atom. The SMILES string of the molecule is CCN(CCCO)C(=O)C1CCCCN1. The Kier molecular flexibility index (Phi) is 5.65. The molecular formula is C11H22N2O2. The van der Waals surface area contributed by atoms with E-state index in [1.807, 2.05) is 11.8 Å².